The van der Waals surface area contributed by atoms with E-state index in [9.17, 15) is 8.42 Å². The SMILES string of the molecule is COC(C)CNS(=O)(=O)c1ccc(Cl)c(N)c1Cl. The van der Waals surface area contributed by atoms with Crippen molar-refractivity contribution in [2.45, 2.75) is 17.9 Å². The Morgan fingerprint density at radius 3 is 2.61 bits per heavy atom. The minimum absolute atomic E-state index is 0.0426. The number of ether oxygens (including phenoxy) is 1. The van der Waals surface area contributed by atoms with Gasteiger partial charge in [-0.15, -0.1) is 0 Å². The first-order valence-electron chi connectivity index (χ1n) is 5.05. The van der Waals surface area contributed by atoms with E-state index in [1.54, 1.807) is 6.92 Å². The van der Waals surface area contributed by atoms with Crippen molar-refractivity contribution >= 4 is 38.9 Å². The van der Waals surface area contributed by atoms with Crippen LogP contribution >= 0.6 is 23.2 Å². The number of rotatable bonds is 5. The highest BCUT2D eigenvalue weighted by Gasteiger charge is 2.21. The van der Waals surface area contributed by atoms with Gasteiger partial charge in [0.15, 0.2) is 0 Å². The van der Waals surface area contributed by atoms with Crippen molar-refractivity contribution in [1.82, 2.24) is 4.72 Å². The molecule has 0 radical (unpaired) electrons. The highest BCUT2D eigenvalue weighted by molar-refractivity contribution is 7.89. The minimum Gasteiger partial charge on any atom is -0.396 e. The zero-order valence-electron chi connectivity index (χ0n) is 9.91. The van der Waals surface area contributed by atoms with E-state index in [2.05, 4.69) is 4.72 Å². The lowest BCUT2D eigenvalue weighted by Crippen LogP contribution is -2.31. The van der Waals surface area contributed by atoms with E-state index in [0.717, 1.165) is 0 Å². The summed E-state index contributed by atoms with van der Waals surface area (Å²) in [7, 11) is -2.24. The van der Waals surface area contributed by atoms with Gasteiger partial charge in [-0.25, -0.2) is 13.1 Å². The second-order valence-corrected chi connectivity index (χ2v) is 6.19. The summed E-state index contributed by atoms with van der Waals surface area (Å²) in [4.78, 5) is -0.102. The van der Waals surface area contributed by atoms with Crippen molar-refractivity contribution in [3.05, 3.63) is 22.2 Å². The number of benzene rings is 1. The summed E-state index contributed by atoms with van der Waals surface area (Å²) < 4.78 is 31.3. The molecular weight excluding hydrogens is 299 g/mol. The van der Waals surface area contributed by atoms with Crippen LogP contribution in [0.15, 0.2) is 17.0 Å². The Morgan fingerprint density at radius 1 is 1.44 bits per heavy atom. The van der Waals surface area contributed by atoms with Crippen LogP contribution in [0.4, 0.5) is 5.69 Å². The van der Waals surface area contributed by atoms with Gasteiger partial charge in [-0.05, 0) is 19.1 Å². The first kappa shape index (κ1) is 15.5. The van der Waals surface area contributed by atoms with Crippen molar-refractivity contribution in [2.75, 3.05) is 19.4 Å². The molecule has 0 fully saturated rings. The van der Waals surface area contributed by atoms with E-state index in [1.165, 1.54) is 19.2 Å². The summed E-state index contributed by atoms with van der Waals surface area (Å²) >= 11 is 11.6. The predicted octanol–water partition coefficient (Wildman–Crippen LogP) is 1.89. The molecule has 0 heterocycles. The van der Waals surface area contributed by atoms with Crippen molar-refractivity contribution in [3.63, 3.8) is 0 Å². The van der Waals surface area contributed by atoms with Gasteiger partial charge < -0.3 is 10.5 Å². The average molecular weight is 313 g/mol. The summed E-state index contributed by atoms with van der Waals surface area (Å²) in [5.74, 6) is 0. The van der Waals surface area contributed by atoms with Gasteiger partial charge in [-0.1, -0.05) is 23.2 Å². The van der Waals surface area contributed by atoms with E-state index < -0.39 is 10.0 Å². The van der Waals surface area contributed by atoms with Crippen LogP contribution in [0.25, 0.3) is 0 Å². The number of hydrogen-bond acceptors (Lipinski definition) is 4. The van der Waals surface area contributed by atoms with Crippen molar-refractivity contribution < 1.29 is 13.2 Å². The smallest absolute Gasteiger partial charge is 0.242 e. The van der Waals surface area contributed by atoms with Gasteiger partial charge in [-0.3, -0.25) is 0 Å². The fourth-order valence-electron chi connectivity index (χ4n) is 1.15. The van der Waals surface area contributed by atoms with Crippen molar-refractivity contribution in [2.24, 2.45) is 0 Å². The van der Waals surface area contributed by atoms with Crippen LogP contribution in [-0.4, -0.2) is 28.2 Å². The van der Waals surface area contributed by atoms with E-state index >= 15 is 0 Å². The fourth-order valence-corrected chi connectivity index (χ4v) is 3.02. The van der Waals surface area contributed by atoms with Crippen LogP contribution in [0.2, 0.25) is 10.0 Å². The van der Waals surface area contributed by atoms with Crippen LogP contribution in [-0.2, 0) is 14.8 Å². The normalized spacial score (nSPS) is 13.6. The van der Waals surface area contributed by atoms with Crippen molar-refractivity contribution in [3.8, 4) is 0 Å². The molecule has 0 saturated heterocycles. The van der Waals surface area contributed by atoms with Crippen LogP contribution in [0.5, 0.6) is 0 Å². The maximum atomic E-state index is 12.0. The molecule has 3 N–H and O–H groups in total. The Balaban J connectivity index is 3.03. The van der Waals surface area contributed by atoms with Gasteiger partial charge in [0.05, 0.1) is 21.8 Å². The monoisotopic (exact) mass is 312 g/mol. The zero-order valence-corrected chi connectivity index (χ0v) is 12.2. The number of halogens is 2. The number of methoxy groups -OCH3 is 1. The van der Waals surface area contributed by atoms with Gasteiger partial charge in [-0.2, -0.15) is 0 Å². The largest absolute Gasteiger partial charge is 0.396 e. The molecule has 0 saturated carbocycles. The standard InChI is InChI=1S/C10H14Cl2N2O3S/c1-6(17-2)5-14-18(15,16)8-4-3-7(11)10(13)9(8)12/h3-4,6,14H,5,13H2,1-2H3. The van der Waals surface area contributed by atoms with Gasteiger partial charge in [0.25, 0.3) is 0 Å². The Labute approximate surface area is 116 Å². The summed E-state index contributed by atoms with van der Waals surface area (Å²) in [6, 6.07) is 2.69. The molecule has 1 unspecified atom stereocenters. The molecular formula is C10H14Cl2N2O3S. The number of nitrogens with two attached hydrogens (primary N) is 1. The van der Waals surface area contributed by atoms with Gasteiger partial charge in [0, 0.05) is 13.7 Å². The minimum atomic E-state index is -3.74. The lowest BCUT2D eigenvalue weighted by Gasteiger charge is -2.13. The van der Waals surface area contributed by atoms with Gasteiger partial charge in [0.2, 0.25) is 10.0 Å². The fraction of sp³-hybridized carbons (Fsp3) is 0.400. The van der Waals surface area contributed by atoms with Crippen LogP contribution in [0.3, 0.4) is 0 Å². The molecule has 1 rings (SSSR count). The third-order valence-electron chi connectivity index (χ3n) is 2.34. The third-order valence-corrected chi connectivity index (χ3v) is 4.66. The van der Waals surface area contributed by atoms with E-state index in [4.69, 9.17) is 33.7 Å². The van der Waals surface area contributed by atoms with E-state index in [0.29, 0.717) is 0 Å². The molecule has 8 heteroatoms. The molecule has 0 aliphatic rings. The van der Waals surface area contributed by atoms with E-state index in [-0.39, 0.29) is 33.3 Å². The number of anilines is 1. The van der Waals surface area contributed by atoms with Crippen molar-refractivity contribution in [1.29, 1.82) is 0 Å². The number of nitrogen functional groups attached to an aromatic ring is 1. The van der Waals surface area contributed by atoms with Crippen LogP contribution in [0.1, 0.15) is 6.92 Å². The van der Waals surface area contributed by atoms with Crippen LogP contribution < -0.4 is 10.5 Å². The number of sulfonamides is 1. The molecule has 0 aromatic heterocycles. The van der Waals surface area contributed by atoms with Gasteiger partial charge in [0.1, 0.15) is 4.90 Å². The first-order valence-corrected chi connectivity index (χ1v) is 7.29. The highest BCUT2D eigenvalue weighted by Crippen LogP contribution is 2.32. The highest BCUT2D eigenvalue weighted by atomic mass is 35.5. The molecule has 0 bridgehead atoms. The second kappa shape index (κ2) is 6.08. The lowest BCUT2D eigenvalue weighted by atomic mass is 10.3. The Kier molecular flexibility index (Phi) is 5.24. The lowest BCUT2D eigenvalue weighted by molar-refractivity contribution is 0.122. The Hall–Kier alpha value is -0.530. The molecule has 0 spiro atoms. The Morgan fingerprint density at radius 2 is 2.06 bits per heavy atom. The quantitative estimate of drug-likeness (QED) is 0.813. The molecule has 1 aromatic carbocycles. The maximum absolute atomic E-state index is 12.0. The number of hydrogen-bond donors (Lipinski definition) is 2. The van der Waals surface area contributed by atoms with Gasteiger partial charge >= 0.3 is 0 Å². The molecule has 0 aliphatic heterocycles. The van der Waals surface area contributed by atoms with Crippen LogP contribution in [0, 0.1) is 0 Å². The summed E-state index contributed by atoms with van der Waals surface area (Å²) in [6.07, 6.45) is -0.247. The summed E-state index contributed by atoms with van der Waals surface area (Å²) in [5, 5.41) is 0.129. The predicted molar refractivity (Wildman–Crippen MR) is 72.5 cm³/mol. The average Bonchev–Trinajstić information content (AvgIpc) is 2.32. The second-order valence-electron chi connectivity index (χ2n) is 3.67. The molecule has 1 atom stereocenters. The topological polar surface area (TPSA) is 81.4 Å². The maximum Gasteiger partial charge on any atom is 0.242 e. The molecule has 102 valence electrons. The zero-order chi connectivity index (χ0) is 13.9. The van der Waals surface area contributed by atoms with E-state index in [1.807, 2.05) is 0 Å². The Bertz CT molecular complexity index is 534. The third kappa shape index (κ3) is 3.49. The first-order chi connectivity index (χ1) is 8.29. The molecule has 0 aliphatic carbocycles. The molecule has 5 nitrogen and oxygen atoms in total. The molecule has 18 heavy (non-hydrogen) atoms. The summed E-state index contributed by atoms with van der Waals surface area (Å²) in [6.45, 7) is 1.87. The molecule has 1 aromatic rings. The molecule has 0 amide bonds. The number of nitrogens with one attached hydrogen (secondary N) is 1. The summed E-state index contributed by atoms with van der Waals surface area (Å²) in [5.41, 5.74) is 5.62.